The Kier molecular flexibility index (Phi) is 8.60. The number of hydrogen-bond donors (Lipinski definition) is 1. The number of hydrogen-bond acceptors (Lipinski definition) is 3. The maximum Gasteiger partial charge on any atom is 0.387 e. The Bertz CT molecular complexity index is 974. The first kappa shape index (κ1) is 23.2. The van der Waals surface area contributed by atoms with Crippen molar-refractivity contribution in [3.8, 4) is 5.75 Å². The van der Waals surface area contributed by atoms with Crippen molar-refractivity contribution in [3.63, 3.8) is 0 Å². The second-order valence-corrected chi connectivity index (χ2v) is 7.32. The monoisotopic (exact) mass is 441 g/mol. The van der Waals surface area contributed by atoms with Crippen molar-refractivity contribution in [3.05, 3.63) is 83.9 Å². The number of rotatable bonds is 10. The van der Waals surface area contributed by atoms with E-state index >= 15 is 0 Å². The summed E-state index contributed by atoms with van der Waals surface area (Å²) in [6.07, 6.45) is 4.54. The van der Waals surface area contributed by atoms with Crippen molar-refractivity contribution in [2.24, 2.45) is 4.99 Å². The zero-order valence-electron chi connectivity index (χ0n) is 18.4. The van der Waals surface area contributed by atoms with E-state index in [2.05, 4.69) is 31.7 Å². The third-order valence-electron chi connectivity index (χ3n) is 4.86. The van der Waals surface area contributed by atoms with E-state index < -0.39 is 6.61 Å². The summed E-state index contributed by atoms with van der Waals surface area (Å²) in [5.41, 5.74) is 2.20. The maximum atomic E-state index is 12.3. The number of nitrogens with zero attached hydrogens (tertiary/aromatic N) is 4. The molecule has 1 heterocycles. The van der Waals surface area contributed by atoms with Gasteiger partial charge >= 0.3 is 6.61 Å². The Morgan fingerprint density at radius 1 is 1.12 bits per heavy atom. The van der Waals surface area contributed by atoms with Crippen LogP contribution in [0.25, 0.3) is 0 Å². The minimum atomic E-state index is -2.82. The van der Waals surface area contributed by atoms with Crippen LogP contribution >= 0.6 is 0 Å². The van der Waals surface area contributed by atoms with E-state index in [0.717, 1.165) is 36.9 Å². The van der Waals surface area contributed by atoms with E-state index in [-0.39, 0.29) is 5.75 Å². The van der Waals surface area contributed by atoms with Gasteiger partial charge in [0.15, 0.2) is 5.96 Å². The van der Waals surface area contributed by atoms with Gasteiger partial charge in [-0.3, -0.25) is 4.99 Å². The molecule has 0 aliphatic rings. The second kappa shape index (κ2) is 11.8. The molecular formula is C24H29F2N5O. The van der Waals surface area contributed by atoms with E-state index in [1.54, 1.807) is 24.3 Å². The lowest BCUT2D eigenvalue weighted by Crippen LogP contribution is -2.38. The van der Waals surface area contributed by atoms with E-state index in [1.807, 2.05) is 49.5 Å². The van der Waals surface area contributed by atoms with Gasteiger partial charge in [-0.15, -0.1) is 0 Å². The Morgan fingerprint density at radius 2 is 1.88 bits per heavy atom. The Morgan fingerprint density at radius 3 is 2.56 bits per heavy atom. The van der Waals surface area contributed by atoms with Crippen LogP contribution in [-0.2, 0) is 19.5 Å². The topological polar surface area (TPSA) is 54.7 Å². The van der Waals surface area contributed by atoms with Gasteiger partial charge in [-0.2, -0.15) is 8.78 Å². The molecule has 0 saturated carbocycles. The molecule has 0 saturated heterocycles. The molecule has 3 aromatic rings. The molecule has 170 valence electrons. The smallest absolute Gasteiger partial charge is 0.387 e. The van der Waals surface area contributed by atoms with Gasteiger partial charge in [0, 0.05) is 52.0 Å². The zero-order valence-corrected chi connectivity index (χ0v) is 18.4. The molecule has 0 atom stereocenters. The molecule has 0 unspecified atom stereocenters. The number of aromatic nitrogens is 2. The number of aliphatic imine (C=N–C) groups is 1. The Balaban J connectivity index is 1.58. The largest absolute Gasteiger partial charge is 0.435 e. The average molecular weight is 442 g/mol. The van der Waals surface area contributed by atoms with Crippen molar-refractivity contribution in [2.45, 2.75) is 33.0 Å². The van der Waals surface area contributed by atoms with Crippen molar-refractivity contribution in [2.75, 3.05) is 20.1 Å². The molecular weight excluding hydrogens is 412 g/mol. The Labute approximate surface area is 187 Å². The highest BCUT2D eigenvalue weighted by Crippen LogP contribution is 2.16. The minimum Gasteiger partial charge on any atom is -0.435 e. The molecule has 3 rings (SSSR count). The van der Waals surface area contributed by atoms with Crippen LogP contribution in [0.4, 0.5) is 8.78 Å². The molecule has 0 fully saturated rings. The molecule has 0 amide bonds. The first-order valence-corrected chi connectivity index (χ1v) is 10.6. The predicted octanol–water partition coefficient (Wildman–Crippen LogP) is 4.17. The molecule has 0 bridgehead atoms. The van der Waals surface area contributed by atoms with Crippen LogP contribution in [0.5, 0.6) is 5.75 Å². The molecule has 0 radical (unpaired) electrons. The minimum absolute atomic E-state index is 0.151. The summed E-state index contributed by atoms with van der Waals surface area (Å²) >= 11 is 0. The fourth-order valence-corrected chi connectivity index (χ4v) is 3.35. The molecule has 32 heavy (non-hydrogen) atoms. The highest BCUT2D eigenvalue weighted by molar-refractivity contribution is 5.79. The third kappa shape index (κ3) is 7.08. The lowest BCUT2D eigenvalue weighted by molar-refractivity contribution is -0.0498. The highest BCUT2D eigenvalue weighted by atomic mass is 19.3. The first-order chi connectivity index (χ1) is 15.5. The summed E-state index contributed by atoms with van der Waals surface area (Å²) in [5, 5.41) is 3.30. The van der Waals surface area contributed by atoms with Gasteiger partial charge in [-0.05, 0) is 30.2 Å². The summed E-state index contributed by atoms with van der Waals surface area (Å²) in [5.74, 6) is 1.92. The molecule has 0 aliphatic heterocycles. The summed E-state index contributed by atoms with van der Waals surface area (Å²) in [7, 11) is 1.95. The average Bonchev–Trinajstić information content (AvgIpc) is 3.21. The fraction of sp³-hybridized carbons (Fsp3) is 0.333. The number of halogens is 2. The first-order valence-electron chi connectivity index (χ1n) is 10.6. The van der Waals surface area contributed by atoms with Gasteiger partial charge in [0.1, 0.15) is 11.6 Å². The van der Waals surface area contributed by atoms with Gasteiger partial charge in [-0.1, -0.05) is 42.5 Å². The van der Waals surface area contributed by atoms with Gasteiger partial charge < -0.3 is 19.5 Å². The highest BCUT2D eigenvalue weighted by Gasteiger charge is 2.09. The van der Waals surface area contributed by atoms with Crippen molar-refractivity contribution >= 4 is 5.96 Å². The molecule has 1 N–H and O–H groups in total. The molecule has 2 aromatic carbocycles. The summed E-state index contributed by atoms with van der Waals surface area (Å²) in [6.45, 7) is 1.91. The number of imidazole rings is 1. The van der Waals surface area contributed by atoms with Gasteiger partial charge in [0.05, 0.1) is 0 Å². The molecule has 6 nitrogen and oxygen atoms in total. The fourth-order valence-electron chi connectivity index (χ4n) is 3.35. The van der Waals surface area contributed by atoms with Gasteiger partial charge in [0.2, 0.25) is 0 Å². The quantitative estimate of drug-likeness (QED) is 0.379. The normalized spacial score (nSPS) is 11.6. The SMILES string of the molecule is CCNC(=NCCc1nccn1Cc1ccccc1)N(C)Cc1ccc(OC(F)F)cc1. The van der Waals surface area contributed by atoms with E-state index in [9.17, 15) is 8.78 Å². The van der Waals surface area contributed by atoms with Crippen LogP contribution in [0.2, 0.25) is 0 Å². The second-order valence-electron chi connectivity index (χ2n) is 7.32. The number of alkyl halides is 2. The van der Waals surface area contributed by atoms with Crippen LogP contribution in [0.3, 0.4) is 0 Å². The maximum absolute atomic E-state index is 12.3. The van der Waals surface area contributed by atoms with Gasteiger partial charge in [0.25, 0.3) is 0 Å². The third-order valence-corrected chi connectivity index (χ3v) is 4.86. The molecule has 8 heteroatoms. The van der Waals surface area contributed by atoms with Gasteiger partial charge in [-0.25, -0.2) is 4.98 Å². The van der Waals surface area contributed by atoms with Crippen molar-refractivity contribution < 1.29 is 13.5 Å². The molecule has 0 spiro atoms. The number of nitrogens with one attached hydrogen (secondary N) is 1. The molecule has 1 aromatic heterocycles. The standard InChI is InChI=1S/C24H29F2N5O/c1-3-27-24(30(2)17-20-9-11-21(12-10-20)32-23(25)26)29-14-13-22-28-15-16-31(22)18-19-7-5-4-6-8-19/h4-12,15-16,23H,3,13-14,17-18H2,1-2H3,(H,27,29). The van der Waals surface area contributed by atoms with Crippen LogP contribution in [0.1, 0.15) is 23.9 Å². The van der Waals surface area contributed by atoms with Crippen LogP contribution in [0.15, 0.2) is 72.0 Å². The van der Waals surface area contributed by atoms with E-state index in [1.165, 1.54) is 5.56 Å². The van der Waals surface area contributed by atoms with Crippen LogP contribution < -0.4 is 10.1 Å². The van der Waals surface area contributed by atoms with Crippen LogP contribution in [0, 0.1) is 0 Å². The number of benzene rings is 2. The Hall–Kier alpha value is -3.42. The van der Waals surface area contributed by atoms with E-state index in [0.29, 0.717) is 13.1 Å². The summed E-state index contributed by atoms with van der Waals surface area (Å²) < 4.78 is 31.2. The summed E-state index contributed by atoms with van der Waals surface area (Å²) in [6, 6.07) is 16.9. The van der Waals surface area contributed by atoms with Crippen LogP contribution in [-0.4, -0.2) is 47.2 Å². The lowest BCUT2D eigenvalue weighted by Gasteiger charge is -2.22. The zero-order chi connectivity index (χ0) is 22.8. The van der Waals surface area contributed by atoms with Crippen molar-refractivity contribution in [1.29, 1.82) is 0 Å². The predicted molar refractivity (Wildman–Crippen MR) is 122 cm³/mol. The lowest BCUT2D eigenvalue weighted by atomic mass is 10.2. The molecule has 0 aliphatic carbocycles. The van der Waals surface area contributed by atoms with E-state index in [4.69, 9.17) is 4.99 Å². The summed E-state index contributed by atoms with van der Waals surface area (Å²) in [4.78, 5) is 11.2. The van der Waals surface area contributed by atoms with Crippen molar-refractivity contribution in [1.82, 2.24) is 19.8 Å². The number of ether oxygens (including phenoxy) is 1. The number of guanidine groups is 1.